The molecule has 2 atom stereocenters. The minimum atomic E-state index is -1.38. The summed E-state index contributed by atoms with van der Waals surface area (Å²) < 4.78 is 0. The topological polar surface area (TPSA) is 124 Å². The van der Waals surface area contributed by atoms with E-state index < -0.39 is 35.8 Å². The molecule has 0 saturated carbocycles. The van der Waals surface area contributed by atoms with Crippen LogP contribution >= 0.6 is 0 Å². The molecule has 1 saturated heterocycles. The van der Waals surface area contributed by atoms with Crippen molar-refractivity contribution in [2.45, 2.75) is 37.8 Å². The van der Waals surface area contributed by atoms with E-state index in [2.05, 4.69) is 5.92 Å². The Morgan fingerprint density at radius 1 is 1.29 bits per heavy atom. The minimum absolute atomic E-state index is 0.149. The van der Waals surface area contributed by atoms with Gasteiger partial charge in [0, 0.05) is 13.0 Å². The normalized spacial score (nSPS) is 19.2. The molecule has 0 aromatic carbocycles. The van der Waals surface area contributed by atoms with Crippen molar-refractivity contribution >= 4 is 23.8 Å². The lowest BCUT2D eigenvalue weighted by atomic mass is 10.0. The van der Waals surface area contributed by atoms with Crippen LogP contribution in [0.4, 0.5) is 0 Å². The first-order chi connectivity index (χ1) is 9.88. The maximum absolute atomic E-state index is 12.0. The number of carboxylic acids is 2. The molecule has 0 aromatic rings. The average molecular weight is 296 g/mol. The van der Waals surface area contributed by atoms with Crippen molar-refractivity contribution in [2.75, 3.05) is 6.54 Å². The second-order valence-electron chi connectivity index (χ2n) is 4.62. The summed E-state index contributed by atoms with van der Waals surface area (Å²) in [5.41, 5.74) is 0. The van der Waals surface area contributed by atoms with Crippen molar-refractivity contribution in [1.82, 2.24) is 10.2 Å². The van der Waals surface area contributed by atoms with Crippen LogP contribution in [0.5, 0.6) is 0 Å². The molecule has 1 aliphatic heterocycles. The van der Waals surface area contributed by atoms with Gasteiger partial charge in [0.15, 0.2) is 0 Å². The van der Waals surface area contributed by atoms with Gasteiger partial charge in [-0.2, -0.15) is 0 Å². The smallest absolute Gasteiger partial charge is 0.327 e. The Hall–Kier alpha value is -2.56. The van der Waals surface area contributed by atoms with E-state index in [0.717, 1.165) is 4.90 Å². The molecule has 2 amide bonds. The molecule has 0 bridgehead atoms. The van der Waals surface area contributed by atoms with Gasteiger partial charge in [-0.15, -0.1) is 12.3 Å². The van der Waals surface area contributed by atoms with Gasteiger partial charge in [-0.1, -0.05) is 0 Å². The molecular formula is C13H16N2O6. The van der Waals surface area contributed by atoms with Crippen molar-refractivity contribution in [2.24, 2.45) is 0 Å². The lowest BCUT2D eigenvalue weighted by molar-refractivity contribution is -0.157. The highest BCUT2D eigenvalue weighted by molar-refractivity contribution is 6.35. The Kier molecular flexibility index (Phi) is 5.72. The van der Waals surface area contributed by atoms with Gasteiger partial charge in [-0.3, -0.25) is 9.59 Å². The molecule has 0 aromatic heterocycles. The summed E-state index contributed by atoms with van der Waals surface area (Å²) in [4.78, 5) is 46.7. The molecule has 21 heavy (non-hydrogen) atoms. The summed E-state index contributed by atoms with van der Waals surface area (Å²) in [6.07, 6.45) is 6.23. The molecule has 0 spiro atoms. The van der Waals surface area contributed by atoms with E-state index in [9.17, 15) is 19.2 Å². The minimum Gasteiger partial charge on any atom is -0.480 e. The Balaban J connectivity index is 2.76. The van der Waals surface area contributed by atoms with Gasteiger partial charge in [-0.25, -0.2) is 9.59 Å². The lowest BCUT2D eigenvalue weighted by Gasteiger charge is -2.32. The fourth-order valence-corrected chi connectivity index (χ4v) is 2.10. The number of carbonyl (C=O) groups excluding carboxylic acids is 2. The third-order valence-electron chi connectivity index (χ3n) is 3.17. The molecule has 1 fully saturated rings. The first-order valence-electron chi connectivity index (χ1n) is 6.39. The Morgan fingerprint density at radius 2 is 1.95 bits per heavy atom. The summed E-state index contributed by atoms with van der Waals surface area (Å²) in [5.74, 6) is -2.67. The highest BCUT2D eigenvalue weighted by Crippen LogP contribution is 2.17. The molecule has 1 heterocycles. The van der Waals surface area contributed by atoms with E-state index in [1.165, 1.54) is 0 Å². The molecule has 1 aliphatic rings. The van der Waals surface area contributed by atoms with Gasteiger partial charge in [0.25, 0.3) is 0 Å². The first kappa shape index (κ1) is 16.5. The molecule has 1 rings (SSSR count). The van der Waals surface area contributed by atoms with Crippen LogP contribution in [0.2, 0.25) is 0 Å². The highest BCUT2D eigenvalue weighted by Gasteiger charge is 2.36. The summed E-state index contributed by atoms with van der Waals surface area (Å²) in [5, 5.41) is 19.9. The first-order valence-corrected chi connectivity index (χ1v) is 6.39. The molecule has 8 nitrogen and oxygen atoms in total. The number of carboxylic acid groups (broad SMARTS) is 2. The van der Waals surface area contributed by atoms with Crippen molar-refractivity contribution in [3.8, 4) is 12.3 Å². The zero-order valence-electron chi connectivity index (χ0n) is 11.2. The number of nitrogens with zero attached hydrogens (tertiary/aromatic N) is 1. The predicted octanol–water partition coefficient (Wildman–Crippen LogP) is -0.955. The second-order valence-corrected chi connectivity index (χ2v) is 4.62. The third kappa shape index (κ3) is 4.21. The number of amides is 2. The molecular weight excluding hydrogens is 280 g/mol. The summed E-state index contributed by atoms with van der Waals surface area (Å²) in [6, 6.07) is -2.44. The molecule has 1 unspecified atom stereocenters. The number of hydrogen-bond donors (Lipinski definition) is 3. The van der Waals surface area contributed by atoms with Gasteiger partial charge >= 0.3 is 23.8 Å². The number of terminal acetylenes is 1. The highest BCUT2D eigenvalue weighted by atomic mass is 16.4. The van der Waals surface area contributed by atoms with Crippen molar-refractivity contribution in [3.63, 3.8) is 0 Å². The zero-order valence-corrected chi connectivity index (χ0v) is 11.2. The summed E-state index contributed by atoms with van der Waals surface area (Å²) in [6.45, 7) is 0.149. The molecule has 0 radical (unpaired) electrons. The van der Waals surface area contributed by atoms with Crippen LogP contribution in [0.15, 0.2) is 0 Å². The maximum atomic E-state index is 12.0. The van der Waals surface area contributed by atoms with E-state index in [4.69, 9.17) is 16.6 Å². The van der Waals surface area contributed by atoms with E-state index in [-0.39, 0.29) is 19.4 Å². The van der Waals surface area contributed by atoms with Crippen molar-refractivity contribution in [3.05, 3.63) is 0 Å². The van der Waals surface area contributed by atoms with E-state index in [1.807, 2.05) is 5.32 Å². The van der Waals surface area contributed by atoms with Crippen LogP contribution in [0, 0.1) is 12.3 Å². The zero-order chi connectivity index (χ0) is 16.0. The fourth-order valence-electron chi connectivity index (χ4n) is 2.10. The van der Waals surface area contributed by atoms with Crippen LogP contribution in [0.25, 0.3) is 0 Å². The van der Waals surface area contributed by atoms with Gasteiger partial charge in [0.2, 0.25) is 0 Å². The van der Waals surface area contributed by atoms with Crippen LogP contribution in [-0.2, 0) is 19.2 Å². The fraction of sp³-hybridized carbons (Fsp3) is 0.538. The second kappa shape index (κ2) is 7.28. The monoisotopic (exact) mass is 296 g/mol. The number of aliphatic carboxylic acids is 2. The SMILES string of the molecule is C#CCC(NC(=O)C(=O)N1CCCC[C@@H]1C(=O)O)C(=O)O. The lowest BCUT2D eigenvalue weighted by Crippen LogP contribution is -2.55. The van der Waals surface area contributed by atoms with Crippen LogP contribution in [0.1, 0.15) is 25.7 Å². The quantitative estimate of drug-likeness (QED) is 0.453. The number of carbonyl (C=O) groups is 4. The standard InChI is InChI=1S/C13H16N2O6/c1-2-5-8(12(18)19)14-10(16)11(17)15-7-4-3-6-9(15)13(20)21/h1,8-9H,3-7H2,(H,14,16)(H,18,19)(H,20,21)/t8?,9-/m1/s1. The Labute approximate surface area is 121 Å². The van der Waals surface area contributed by atoms with Gasteiger partial charge in [-0.05, 0) is 19.3 Å². The third-order valence-corrected chi connectivity index (χ3v) is 3.17. The largest absolute Gasteiger partial charge is 0.480 e. The van der Waals surface area contributed by atoms with Gasteiger partial charge in [0.1, 0.15) is 12.1 Å². The number of rotatable bonds is 4. The number of hydrogen-bond acceptors (Lipinski definition) is 4. The molecule has 114 valence electrons. The van der Waals surface area contributed by atoms with Crippen molar-refractivity contribution < 1.29 is 29.4 Å². The number of nitrogens with one attached hydrogen (secondary N) is 1. The number of piperidine rings is 1. The van der Waals surface area contributed by atoms with Crippen LogP contribution < -0.4 is 5.32 Å². The number of likely N-dealkylation sites (tertiary alicyclic amines) is 1. The Bertz CT molecular complexity index is 495. The van der Waals surface area contributed by atoms with Gasteiger partial charge in [0.05, 0.1) is 0 Å². The average Bonchev–Trinajstić information content (AvgIpc) is 2.45. The maximum Gasteiger partial charge on any atom is 0.327 e. The van der Waals surface area contributed by atoms with Crippen LogP contribution in [0.3, 0.4) is 0 Å². The summed E-state index contributed by atoms with van der Waals surface area (Å²) in [7, 11) is 0. The van der Waals surface area contributed by atoms with Crippen molar-refractivity contribution in [1.29, 1.82) is 0 Å². The van der Waals surface area contributed by atoms with Crippen LogP contribution in [-0.4, -0.2) is 57.5 Å². The van der Waals surface area contributed by atoms with E-state index in [0.29, 0.717) is 12.8 Å². The molecule has 3 N–H and O–H groups in total. The molecule has 8 heteroatoms. The predicted molar refractivity (Wildman–Crippen MR) is 70.0 cm³/mol. The van der Waals surface area contributed by atoms with E-state index >= 15 is 0 Å². The Morgan fingerprint density at radius 3 is 2.48 bits per heavy atom. The summed E-state index contributed by atoms with van der Waals surface area (Å²) >= 11 is 0. The van der Waals surface area contributed by atoms with Gasteiger partial charge < -0.3 is 20.4 Å². The van der Waals surface area contributed by atoms with E-state index in [1.54, 1.807) is 0 Å². The molecule has 0 aliphatic carbocycles.